The summed E-state index contributed by atoms with van der Waals surface area (Å²) in [6.07, 6.45) is 2.92. The monoisotopic (exact) mass is 194 g/mol. The standard InChI is InChI=1S/C11H11FO2/c12-11-4-3-10(5-9(11)6-13)14-7-8-1-2-8/h3-6,8H,1-2,7H2. The Morgan fingerprint density at radius 1 is 1.50 bits per heavy atom. The van der Waals surface area contributed by atoms with E-state index >= 15 is 0 Å². The molecule has 3 heteroatoms. The highest BCUT2D eigenvalue weighted by atomic mass is 19.1. The number of carbonyl (C=O) groups is 1. The molecule has 0 aliphatic heterocycles. The minimum Gasteiger partial charge on any atom is -0.493 e. The molecule has 0 saturated heterocycles. The van der Waals surface area contributed by atoms with E-state index in [1.165, 1.54) is 25.0 Å². The maximum absolute atomic E-state index is 12.9. The van der Waals surface area contributed by atoms with E-state index in [0.29, 0.717) is 24.6 Å². The molecule has 2 nitrogen and oxygen atoms in total. The zero-order chi connectivity index (χ0) is 9.97. The third-order valence-electron chi connectivity index (χ3n) is 2.28. The number of halogens is 1. The summed E-state index contributed by atoms with van der Waals surface area (Å²) in [6, 6.07) is 4.24. The van der Waals surface area contributed by atoms with Crippen molar-refractivity contribution in [1.82, 2.24) is 0 Å². The Morgan fingerprint density at radius 2 is 2.29 bits per heavy atom. The van der Waals surface area contributed by atoms with Crippen LogP contribution in [0.1, 0.15) is 23.2 Å². The maximum atomic E-state index is 12.9. The second kappa shape index (κ2) is 3.78. The average Bonchev–Trinajstić information content (AvgIpc) is 3.00. The van der Waals surface area contributed by atoms with Gasteiger partial charge in [0.25, 0.3) is 0 Å². The molecule has 74 valence electrons. The molecule has 1 fully saturated rings. The Morgan fingerprint density at radius 3 is 2.93 bits per heavy atom. The average molecular weight is 194 g/mol. The Kier molecular flexibility index (Phi) is 2.48. The zero-order valence-electron chi connectivity index (χ0n) is 7.70. The normalized spacial score (nSPS) is 15.2. The summed E-state index contributed by atoms with van der Waals surface area (Å²) in [5.74, 6) is 0.721. The van der Waals surface area contributed by atoms with E-state index in [-0.39, 0.29) is 5.56 Å². The number of rotatable bonds is 4. The first-order valence-corrected chi connectivity index (χ1v) is 4.67. The molecule has 1 aliphatic carbocycles. The highest BCUT2D eigenvalue weighted by Gasteiger charge is 2.21. The molecule has 0 aromatic heterocycles. The van der Waals surface area contributed by atoms with Crippen LogP contribution in [0.15, 0.2) is 18.2 Å². The first-order valence-electron chi connectivity index (χ1n) is 4.67. The van der Waals surface area contributed by atoms with Gasteiger partial charge in [-0.05, 0) is 37.0 Å². The van der Waals surface area contributed by atoms with E-state index < -0.39 is 5.82 Å². The molecular weight excluding hydrogens is 183 g/mol. The maximum Gasteiger partial charge on any atom is 0.153 e. The van der Waals surface area contributed by atoms with Crippen molar-refractivity contribution >= 4 is 6.29 Å². The van der Waals surface area contributed by atoms with E-state index in [9.17, 15) is 9.18 Å². The lowest BCUT2D eigenvalue weighted by molar-refractivity contribution is 0.111. The fourth-order valence-electron chi connectivity index (χ4n) is 1.20. The molecule has 1 aromatic carbocycles. The molecule has 1 aliphatic rings. The van der Waals surface area contributed by atoms with Crippen molar-refractivity contribution in [3.05, 3.63) is 29.6 Å². The van der Waals surface area contributed by atoms with E-state index in [2.05, 4.69) is 0 Å². The third kappa shape index (κ3) is 2.10. The summed E-state index contributed by atoms with van der Waals surface area (Å²) in [5, 5.41) is 0. The van der Waals surface area contributed by atoms with Crippen LogP contribution in [-0.4, -0.2) is 12.9 Å². The van der Waals surface area contributed by atoms with Crippen LogP contribution in [0, 0.1) is 11.7 Å². The smallest absolute Gasteiger partial charge is 0.153 e. The molecule has 2 rings (SSSR count). The number of benzene rings is 1. The summed E-state index contributed by atoms with van der Waals surface area (Å²) < 4.78 is 18.3. The van der Waals surface area contributed by atoms with Gasteiger partial charge in [-0.2, -0.15) is 0 Å². The minimum atomic E-state index is -0.501. The van der Waals surface area contributed by atoms with Crippen molar-refractivity contribution < 1.29 is 13.9 Å². The predicted molar refractivity (Wildman–Crippen MR) is 50.0 cm³/mol. The first kappa shape index (κ1) is 9.19. The number of aldehydes is 1. The van der Waals surface area contributed by atoms with Crippen LogP contribution in [0.5, 0.6) is 5.75 Å². The lowest BCUT2D eigenvalue weighted by Gasteiger charge is -2.05. The van der Waals surface area contributed by atoms with Gasteiger partial charge in [0, 0.05) is 0 Å². The van der Waals surface area contributed by atoms with E-state index in [1.807, 2.05) is 0 Å². The molecule has 1 aromatic rings. The number of ether oxygens (including phenoxy) is 1. The van der Waals surface area contributed by atoms with Gasteiger partial charge in [0.1, 0.15) is 11.6 Å². The van der Waals surface area contributed by atoms with E-state index in [1.54, 1.807) is 6.07 Å². The van der Waals surface area contributed by atoms with Crippen LogP contribution in [0.3, 0.4) is 0 Å². The number of hydrogen-bond donors (Lipinski definition) is 0. The summed E-state index contributed by atoms with van der Waals surface area (Å²) in [4.78, 5) is 10.4. The Labute approximate surface area is 81.7 Å². The third-order valence-corrected chi connectivity index (χ3v) is 2.28. The van der Waals surface area contributed by atoms with Gasteiger partial charge in [-0.3, -0.25) is 4.79 Å². The van der Waals surface area contributed by atoms with Crippen LogP contribution in [0.25, 0.3) is 0 Å². The minimum absolute atomic E-state index is 0.0540. The van der Waals surface area contributed by atoms with Crippen LogP contribution < -0.4 is 4.74 Å². The van der Waals surface area contributed by atoms with Gasteiger partial charge >= 0.3 is 0 Å². The highest BCUT2D eigenvalue weighted by Crippen LogP contribution is 2.29. The Bertz CT molecular complexity index is 345. The molecule has 0 heterocycles. The van der Waals surface area contributed by atoms with Gasteiger partial charge in [0.15, 0.2) is 6.29 Å². The lowest BCUT2D eigenvalue weighted by Crippen LogP contribution is -2.00. The van der Waals surface area contributed by atoms with Gasteiger partial charge in [0.2, 0.25) is 0 Å². The molecule has 0 N–H and O–H groups in total. The van der Waals surface area contributed by atoms with Crippen molar-refractivity contribution in [2.75, 3.05) is 6.61 Å². The van der Waals surface area contributed by atoms with E-state index in [4.69, 9.17) is 4.74 Å². The zero-order valence-corrected chi connectivity index (χ0v) is 7.70. The molecule has 1 saturated carbocycles. The number of hydrogen-bond acceptors (Lipinski definition) is 2. The second-order valence-corrected chi connectivity index (χ2v) is 3.56. The summed E-state index contributed by atoms with van der Waals surface area (Å²) >= 11 is 0. The highest BCUT2D eigenvalue weighted by molar-refractivity contribution is 5.75. The van der Waals surface area contributed by atoms with Gasteiger partial charge in [-0.15, -0.1) is 0 Å². The van der Waals surface area contributed by atoms with Crippen LogP contribution in [0.2, 0.25) is 0 Å². The van der Waals surface area contributed by atoms with Gasteiger partial charge in [-0.25, -0.2) is 4.39 Å². The van der Waals surface area contributed by atoms with Crippen LogP contribution in [-0.2, 0) is 0 Å². The summed E-state index contributed by atoms with van der Waals surface area (Å²) in [6.45, 7) is 0.671. The largest absolute Gasteiger partial charge is 0.493 e. The first-order chi connectivity index (χ1) is 6.79. The molecular formula is C11H11FO2. The Balaban J connectivity index is 2.05. The fraction of sp³-hybridized carbons (Fsp3) is 0.364. The summed E-state index contributed by atoms with van der Waals surface area (Å²) in [7, 11) is 0. The lowest BCUT2D eigenvalue weighted by atomic mass is 10.2. The molecule has 0 bridgehead atoms. The second-order valence-electron chi connectivity index (χ2n) is 3.56. The summed E-state index contributed by atoms with van der Waals surface area (Å²) in [5.41, 5.74) is 0.0540. The molecule has 0 spiro atoms. The van der Waals surface area contributed by atoms with Crippen molar-refractivity contribution in [1.29, 1.82) is 0 Å². The molecule has 0 atom stereocenters. The van der Waals surface area contributed by atoms with Crippen molar-refractivity contribution in [2.24, 2.45) is 5.92 Å². The fourth-order valence-corrected chi connectivity index (χ4v) is 1.20. The van der Waals surface area contributed by atoms with Gasteiger partial charge < -0.3 is 4.74 Å². The number of carbonyl (C=O) groups excluding carboxylic acids is 1. The molecule has 0 unspecified atom stereocenters. The molecule has 0 amide bonds. The molecule has 0 radical (unpaired) electrons. The predicted octanol–water partition coefficient (Wildman–Crippen LogP) is 2.43. The SMILES string of the molecule is O=Cc1cc(OCC2CC2)ccc1F. The van der Waals surface area contributed by atoms with Crippen molar-refractivity contribution in [2.45, 2.75) is 12.8 Å². The van der Waals surface area contributed by atoms with Gasteiger partial charge in [-0.1, -0.05) is 0 Å². The van der Waals surface area contributed by atoms with Crippen LogP contribution >= 0.6 is 0 Å². The molecule has 14 heavy (non-hydrogen) atoms. The van der Waals surface area contributed by atoms with Crippen LogP contribution in [0.4, 0.5) is 4.39 Å². The van der Waals surface area contributed by atoms with E-state index in [0.717, 1.165) is 0 Å². The topological polar surface area (TPSA) is 26.3 Å². The van der Waals surface area contributed by atoms with Crippen molar-refractivity contribution in [3.63, 3.8) is 0 Å². The van der Waals surface area contributed by atoms with Gasteiger partial charge in [0.05, 0.1) is 12.2 Å². The Hall–Kier alpha value is -1.38. The quantitative estimate of drug-likeness (QED) is 0.688. The van der Waals surface area contributed by atoms with Crippen molar-refractivity contribution in [3.8, 4) is 5.75 Å².